The molecule has 0 saturated carbocycles. The topological polar surface area (TPSA) is 30.9 Å². The van der Waals surface area contributed by atoms with Crippen molar-refractivity contribution in [1.29, 1.82) is 0 Å². The molecule has 0 spiro atoms. The van der Waals surface area contributed by atoms with Gasteiger partial charge in [-0.2, -0.15) is 0 Å². The molecule has 3 aromatic carbocycles. The summed E-state index contributed by atoms with van der Waals surface area (Å²) in [5.41, 5.74) is 9.99. The number of fused-ring (bicyclic) bond motifs is 2. The molecular weight excluding hydrogens is 490 g/mol. The Hall–Kier alpha value is -2.66. The maximum atomic E-state index is 6.66. The van der Waals surface area contributed by atoms with Crippen LogP contribution in [0.15, 0.2) is 40.9 Å². The Morgan fingerprint density at radius 1 is 0.882 bits per heavy atom. The molecule has 0 saturated heterocycles. The quantitative estimate of drug-likeness (QED) is 0.362. The minimum atomic E-state index is -0.328. The maximum absolute atomic E-state index is 6.66. The SMILES string of the molecule is COc1cc2c(cc1OC)CN(c1c(C)c(C)c3c(c1C)C(c1ccc(Br)cc1)C(C)(C)O3)C2. The Bertz CT molecular complexity index is 1250. The van der Waals surface area contributed by atoms with Gasteiger partial charge in [0.2, 0.25) is 0 Å². The average molecular weight is 522 g/mol. The highest BCUT2D eigenvalue weighted by Gasteiger charge is 2.45. The number of benzene rings is 3. The van der Waals surface area contributed by atoms with Gasteiger partial charge in [0.15, 0.2) is 11.5 Å². The Labute approximate surface area is 211 Å². The molecule has 2 aliphatic heterocycles. The van der Waals surface area contributed by atoms with Crippen LogP contribution in [0.3, 0.4) is 0 Å². The van der Waals surface area contributed by atoms with Gasteiger partial charge < -0.3 is 19.1 Å². The van der Waals surface area contributed by atoms with Gasteiger partial charge in [-0.3, -0.25) is 0 Å². The Morgan fingerprint density at radius 3 is 1.97 bits per heavy atom. The van der Waals surface area contributed by atoms with Crippen LogP contribution >= 0.6 is 15.9 Å². The monoisotopic (exact) mass is 521 g/mol. The number of halogens is 1. The first kappa shape index (κ1) is 23.1. The van der Waals surface area contributed by atoms with E-state index in [4.69, 9.17) is 14.2 Å². The second-order valence-corrected chi connectivity index (χ2v) is 10.9. The van der Waals surface area contributed by atoms with Gasteiger partial charge in [-0.1, -0.05) is 28.1 Å². The van der Waals surface area contributed by atoms with E-state index in [0.29, 0.717) is 0 Å². The lowest BCUT2D eigenvalue weighted by Gasteiger charge is -2.28. The fraction of sp³-hybridized carbons (Fsp3) is 0.379. The van der Waals surface area contributed by atoms with Gasteiger partial charge in [0.1, 0.15) is 11.4 Å². The normalized spacial score (nSPS) is 17.9. The molecule has 0 N–H and O–H groups in total. The van der Waals surface area contributed by atoms with Crippen LogP contribution in [0.2, 0.25) is 0 Å². The summed E-state index contributed by atoms with van der Waals surface area (Å²) in [5.74, 6) is 2.79. The summed E-state index contributed by atoms with van der Waals surface area (Å²) < 4.78 is 18.9. The van der Waals surface area contributed by atoms with Crippen LogP contribution in [-0.2, 0) is 13.1 Å². The van der Waals surface area contributed by atoms with Gasteiger partial charge in [0, 0.05) is 28.8 Å². The van der Waals surface area contributed by atoms with Crippen molar-refractivity contribution in [2.24, 2.45) is 0 Å². The maximum Gasteiger partial charge on any atom is 0.161 e. The third kappa shape index (κ3) is 3.48. The average Bonchev–Trinajstić information content (AvgIpc) is 3.34. The highest BCUT2D eigenvalue weighted by Crippen LogP contribution is 2.54. The fourth-order valence-corrected chi connectivity index (χ4v) is 6.12. The third-order valence-electron chi connectivity index (χ3n) is 7.56. The molecule has 0 aromatic heterocycles. The van der Waals surface area contributed by atoms with Crippen LogP contribution < -0.4 is 19.1 Å². The molecule has 3 aromatic rings. The van der Waals surface area contributed by atoms with E-state index in [0.717, 1.165) is 34.8 Å². The van der Waals surface area contributed by atoms with Crippen molar-refractivity contribution in [3.63, 3.8) is 0 Å². The Kier molecular flexibility index (Phi) is 5.59. The summed E-state index contributed by atoms with van der Waals surface area (Å²) >= 11 is 3.59. The largest absolute Gasteiger partial charge is 0.493 e. The molecule has 178 valence electrons. The second-order valence-electron chi connectivity index (χ2n) is 9.99. The van der Waals surface area contributed by atoms with Crippen LogP contribution in [0.5, 0.6) is 17.2 Å². The lowest BCUT2D eigenvalue weighted by atomic mass is 9.78. The molecule has 0 bridgehead atoms. The fourth-order valence-electron chi connectivity index (χ4n) is 5.86. The number of anilines is 1. The van der Waals surface area contributed by atoms with E-state index in [1.165, 1.54) is 44.6 Å². The highest BCUT2D eigenvalue weighted by atomic mass is 79.9. The molecule has 0 radical (unpaired) electrons. The zero-order chi connectivity index (χ0) is 24.4. The smallest absolute Gasteiger partial charge is 0.161 e. The molecule has 0 amide bonds. The first-order valence-electron chi connectivity index (χ1n) is 11.7. The summed E-state index contributed by atoms with van der Waals surface area (Å²) in [6.45, 7) is 12.8. The number of ether oxygens (including phenoxy) is 3. The number of rotatable bonds is 4. The Balaban J connectivity index is 1.63. The van der Waals surface area contributed by atoms with E-state index in [2.05, 4.69) is 91.8 Å². The number of methoxy groups -OCH3 is 2. The van der Waals surface area contributed by atoms with Gasteiger partial charge in [-0.05, 0) is 92.3 Å². The number of hydrogen-bond acceptors (Lipinski definition) is 4. The predicted octanol–water partition coefficient (Wildman–Crippen LogP) is 7.21. The Morgan fingerprint density at radius 2 is 1.44 bits per heavy atom. The highest BCUT2D eigenvalue weighted by molar-refractivity contribution is 9.10. The van der Waals surface area contributed by atoms with E-state index in [1.807, 2.05) is 0 Å². The summed E-state index contributed by atoms with van der Waals surface area (Å²) in [7, 11) is 3.39. The molecule has 2 aliphatic rings. The molecule has 4 nitrogen and oxygen atoms in total. The lowest BCUT2D eigenvalue weighted by Crippen LogP contribution is -2.31. The predicted molar refractivity (Wildman–Crippen MR) is 141 cm³/mol. The van der Waals surface area contributed by atoms with E-state index in [1.54, 1.807) is 14.2 Å². The van der Waals surface area contributed by atoms with Crippen molar-refractivity contribution >= 4 is 21.6 Å². The zero-order valence-electron chi connectivity index (χ0n) is 21.0. The minimum absolute atomic E-state index is 0.166. The van der Waals surface area contributed by atoms with E-state index >= 15 is 0 Å². The van der Waals surface area contributed by atoms with Crippen molar-refractivity contribution in [2.75, 3.05) is 19.1 Å². The van der Waals surface area contributed by atoms with E-state index in [-0.39, 0.29) is 11.5 Å². The van der Waals surface area contributed by atoms with Crippen LogP contribution in [0.25, 0.3) is 0 Å². The van der Waals surface area contributed by atoms with Crippen molar-refractivity contribution in [3.05, 3.63) is 79.8 Å². The van der Waals surface area contributed by atoms with Gasteiger partial charge in [0.25, 0.3) is 0 Å². The standard InChI is InChI=1S/C29H32BrNO3/c1-16-17(2)28-25(26(29(4,5)34-28)19-8-10-22(30)11-9-19)18(3)27(16)31-14-20-12-23(32-6)24(33-7)13-21(20)15-31/h8-13,26H,14-15H2,1-7H3. The van der Waals surface area contributed by atoms with Crippen molar-refractivity contribution in [3.8, 4) is 17.2 Å². The van der Waals surface area contributed by atoms with Gasteiger partial charge >= 0.3 is 0 Å². The lowest BCUT2D eigenvalue weighted by molar-refractivity contribution is 0.121. The van der Waals surface area contributed by atoms with Crippen LogP contribution in [0.1, 0.15) is 58.7 Å². The molecule has 1 unspecified atom stereocenters. The van der Waals surface area contributed by atoms with Crippen LogP contribution in [0.4, 0.5) is 5.69 Å². The molecular formula is C29H32BrNO3. The van der Waals surface area contributed by atoms with Gasteiger partial charge in [-0.25, -0.2) is 0 Å². The molecule has 0 fully saturated rings. The first-order valence-corrected chi connectivity index (χ1v) is 12.5. The van der Waals surface area contributed by atoms with Crippen LogP contribution in [0, 0.1) is 20.8 Å². The minimum Gasteiger partial charge on any atom is -0.493 e. The summed E-state index contributed by atoms with van der Waals surface area (Å²) in [4.78, 5) is 2.49. The van der Waals surface area contributed by atoms with Gasteiger partial charge in [-0.15, -0.1) is 0 Å². The third-order valence-corrected chi connectivity index (χ3v) is 8.09. The van der Waals surface area contributed by atoms with Crippen LogP contribution in [-0.4, -0.2) is 19.8 Å². The molecule has 5 rings (SSSR count). The number of nitrogens with zero attached hydrogens (tertiary/aromatic N) is 1. The number of hydrogen-bond donors (Lipinski definition) is 0. The van der Waals surface area contributed by atoms with E-state index < -0.39 is 0 Å². The van der Waals surface area contributed by atoms with Crippen molar-refractivity contribution < 1.29 is 14.2 Å². The van der Waals surface area contributed by atoms with Gasteiger partial charge in [0.05, 0.1) is 20.1 Å². The zero-order valence-corrected chi connectivity index (χ0v) is 22.6. The molecule has 2 heterocycles. The van der Waals surface area contributed by atoms with Crippen molar-refractivity contribution in [1.82, 2.24) is 0 Å². The summed E-state index contributed by atoms with van der Waals surface area (Å²) in [6.07, 6.45) is 0. The second kappa shape index (κ2) is 8.23. The molecule has 5 heteroatoms. The van der Waals surface area contributed by atoms with E-state index in [9.17, 15) is 0 Å². The molecule has 34 heavy (non-hydrogen) atoms. The molecule has 0 aliphatic carbocycles. The summed E-state index contributed by atoms with van der Waals surface area (Å²) in [6, 6.07) is 12.9. The molecule has 1 atom stereocenters. The first-order chi connectivity index (χ1) is 16.2. The van der Waals surface area contributed by atoms with Crippen molar-refractivity contribution in [2.45, 2.75) is 59.2 Å². The summed E-state index contributed by atoms with van der Waals surface area (Å²) in [5, 5.41) is 0.